The van der Waals surface area contributed by atoms with Gasteiger partial charge in [-0.2, -0.15) is 5.21 Å². The van der Waals surface area contributed by atoms with Gasteiger partial charge in [-0.15, -0.1) is 20.4 Å². The maximum Gasteiger partial charge on any atom is 0.190 e. The Morgan fingerprint density at radius 1 is 0.944 bits per heavy atom. The molecule has 2 rings (SSSR count). The van der Waals surface area contributed by atoms with E-state index in [-0.39, 0.29) is 17.0 Å². The van der Waals surface area contributed by atoms with E-state index in [0.29, 0.717) is 0 Å². The van der Waals surface area contributed by atoms with Gasteiger partial charge in [0.25, 0.3) is 0 Å². The van der Waals surface area contributed by atoms with E-state index in [1.807, 2.05) is 20.8 Å². The molecule has 0 atom stereocenters. The lowest BCUT2D eigenvalue weighted by molar-refractivity contribution is 0.328. The molecular weight excluding hydrogens is 232 g/mol. The lowest BCUT2D eigenvalue weighted by Crippen LogP contribution is -2.19. The number of hydrogen-bond acceptors (Lipinski definition) is 7. The Morgan fingerprint density at radius 2 is 1.50 bits per heavy atom. The van der Waals surface area contributed by atoms with Gasteiger partial charge in [0.15, 0.2) is 12.0 Å². The quantitative estimate of drug-likeness (QED) is 0.767. The molecule has 1 aromatic rings. The van der Waals surface area contributed by atoms with Gasteiger partial charge in [0.05, 0.1) is 0 Å². The Bertz CT molecular complexity index is 394. The zero-order chi connectivity index (χ0) is 13.8. The third-order valence-electron chi connectivity index (χ3n) is 2.15. The Hall–Kier alpha value is -1.73. The summed E-state index contributed by atoms with van der Waals surface area (Å²) in [4.78, 5) is 0. The van der Waals surface area contributed by atoms with Crippen molar-refractivity contribution in [3.63, 3.8) is 0 Å². The first-order chi connectivity index (χ1) is 8.21. The second-order valence-corrected chi connectivity index (χ2v) is 6.13. The van der Waals surface area contributed by atoms with Gasteiger partial charge in [0.2, 0.25) is 0 Å². The molecule has 0 unspecified atom stereocenters. The average molecular weight is 252 g/mol. The van der Waals surface area contributed by atoms with Gasteiger partial charge in [-0.1, -0.05) is 46.8 Å². The number of nitrogens with one attached hydrogen (secondary N) is 1. The van der Waals surface area contributed by atoms with Crippen LogP contribution in [-0.2, 0) is 5.41 Å². The van der Waals surface area contributed by atoms with E-state index in [9.17, 15) is 0 Å². The monoisotopic (exact) mass is 252 g/mol. The second-order valence-electron chi connectivity index (χ2n) is 6.13. The van der Waals surface area contributed by atoms with Crippen LogP contribution in [0, 0.1) is 5.41 Å². The lowest BCUT2D eigenvalue weighted by Gasteiger charge is -2.17. The van der Waals surface area contributed by atoms with Gasteiger partial charge in [-0.25, -0.2) is 0 Å². The van der Waals surface area contributed by atoms with E-state index < -0.39 is 0 Å². The van der Waals surface area contributed by atoms with Crippen LogP contribution in [0.4, 0.5) is 0 Å². The van der Waals surface area contributed by atoms with Crippen LogP contribution in [0.25, 0.3) is 0 Å². The average Bonchev–Trinajstić information content (AvgIpc) is 2.91. The van der Waals surface area contributed by atoms with Crippen LogP contribution >= 0.6 is 0 Å². The third-order valence-corrected chi connectivity index (χ3v) is 2.15. The van der Waals surface area contributed by atoms with E-state index >= 15 is 0 Å². The molecule has 18 heavy (non-hydrogen) atoms. The molecule has 1 aromatic heterocycles. The van der Waals surface area contributed by atoms with Crippen molar-refractivity contribution < 1.29 is 0 Å². The van der Waals surface area contributed by atoms with Crippen molar-refractivity contribution in [3.8, 4) is 0 Å². The molecule has 0 saturated carbocycles. The van der Waals surface area contributed by atoms with Gasteiger partial charge >= 0.3 is 0 Å². The summed E-state index contributed by atoms with van der Waals surface area (Å²) < 4.78 is 0. The molecule has 2 heterocycles. The van der Waals surface area contributed by atoms with Crippen LogP contribution in [0.3, 0.4) is 0 Å². The number of aromatic nitrogens is 4. The van der Waals surface area contributed by atoms with Crippen molar-refractivity contribution >= 4 is 0 Å². The molecule has 0 aliphatic carbocycles. The van der Waals surface area contributed by atoms with Gasteiger partial charge in [0.1, 0.15) is 0 Å². The molecule has 0 fully saturated rings. The molecular formula is C10H20N8. The fraction of sp³-hybridized carbons (Fsp3) is 0.900. The Kier molecular flexibility index (Phi) is 4.20. The van der Waals surface area contributed by atoms with E-state index in [0.717, 1.165) is 5.82 Å². The summed E-state index contributed by atoms with van der Waals surface area (Å²) in [5.41, 5.74) is 0.0660. The molecule has 0 aromatic carbocycles. The molecule has 8 nitrogen and oxygen atoms in total. The van der Waals surface area contributed by atoms with Crippen molar-refractivity contribution in [2.24, 2.45) is 26.1 Å². The molecule has 0 saturated heterocycles. The normalized spacial score (nSPS) is 15.7. The third kappa shape index (κ3) is 4.27. The Balaban J connectivity index is 0.000000180. The van der Waals surface area contributed by atoms with Crippen LogP contribution in [0.5, 0.6) is 0 Å². The molecule has 100 valence electrons. The zero-order valence-electron chi connectivity index (χ0n) is 11.7. The number of H-pyrrole nitrogens is 1. The highest BCUT2D eigenvalue weighted by atomic mass is 15.6. The van der Waals surface area contributed by atoms with Crippen LogP contribution in [-0.4, -0.2) is 26.8 Å². The van der Waals surface area contributed by atoms with Gasteiger partial charge < -0.3 is 0 Å². The molecule has 1 N–H and O–H groups in total. The maximum atomic E-state index is 3.84. The minimum Gasteiger partial charge on any atom is -0.177 e. The van der Waals surface area contributed by atoms with E-state index in [1.54, 1.807) is 0 Å². The Morgan fingerprint density at radius 3 is 1.72 bits per heavy atom. The highest BCUT2D eigenvalue weighted by Gasteiger charge is 2.26. The van der Waals surface area contributed by atoms with E-state index in [4.69, 9.17) is 0 Å². The number of hydrogen-bond donors (Lipinski definition) is 1. The first kappa shape index (κ1) is 14.3. The summed E-state index contributed by atoms with van der Waals surface area (Å²) in [6.07, 6.45) is -0.0718. The molecule has 1 aliphatic rings. The van der Waals surface area contributed by atoms with Crippen LogP contribution in [0.2, 0.25) is 0 Å². The summed E-state index contributed by atoms with van der Waals surface area (Å²) in [6, 6.07) is 0. The molecule has 0 spiro atoms. The fourth-order valence-corrected chi connectivity index (χ4v) is 0.993. The molecule has 1 aliphatic heterocycles. The van der Waals surface area contributed by atoms with Gasteiger partial charge in [-0.3, -0.25) is 0 Å². The van der Waals surface area contributed by atoms with Gasteiger partial charge in [0, 0.05) is 10.8 Å². The number of tetrazole rings is 1. The first-order valence-electron chi connectivity index (χ1n) is 5.75. The van der Waals surface area contributed by atoms with Crippen molar-refractivity contribution in [1.29, 1.82) is 0 Å². The molecule has 8 heteroatoms. The molecule has 0 radical (unpaired) electrons. The summed E-state index contributed by atoms with van der Waals surface area (Å²) in [7, 11) is 0. The highest BCUT2D eigenvalue weighted by molar-refractivity contribution is 4.95. The van der Waals surface area contributed by atoms with Crippen LogP contribution in [0.15, 0.2) is 20.7 Å². The second kappa shape index (κ2) is 5.28. The van der Waals surface area contributed by atoms with Crippen LogP contribution < -0.4 is 0 Å². The summed E-state index contributed by atoms with van der Waals surface area (Å²) in [5, 5.41) is 28.0. The number of aromatic amines is 1. The maximum absolute atomic E-state index is 3.84. The largest absolute Gasteiger partial charge is 0.190 e. The van der Waals surface area contributed by atoms with Crippen molar-refractivity contribution in [1.82, 2.24) is 20.6 Å². The predicted octanol–water partition coefficient (Wildman–Crippen LogP) is 2.69. The van der Waals surface area contributed by atoms with E-state index in [1.165, 1.54) is 0 Å². The summed E-state index contributed by atoms with van der Waals surface area (Å²) in [5.74, 6) is 0.752. The Labute approximate surface area is 106 Å². The topological polar surface area (TPSA) is 104 Å². The van der Waals surface area contributed by atoms with Crippen molar-refractivity contribution in [2.45, 2.75) is 53.1 Å². The SMILES string of the molecule is CC(C)(C)C1N=NN=N1.CC(C)(C)c1nn[nH]n1. The van der Waals surface area contributed by atoms with Crippen LogP contribution in [0.1, 0.15) is 47.4 Å². The highest BCUT2D eigenvalue weighted by Crippen LogP contribution is 2.26. The molecule has 0 bridgehead atoms. The van der Waals surface area contributed by atoms with E-state index in [2.05, 4.69) is 62.1 Å². The number of rotatable bonds is 0. The minimum absolute atomic E-state index is 0.00694. The lowest BCUT2D eigenvalue weighted by atomic mass is 9.93. The number of nitrogens with zero attached hydrogens (tertiary/aromatic N) is 7. The predicted molar refractivity (Wildman–Crippen MR) is 65.8 cm³/mol. The zero-order valence-corrected chi connectivity index (χ0v) is 11.7. The summed E-state index contributed by atoms with van der Waals surface area (Å²) >= 11 is 0. The summed E-state index contributed by atoms with van der Waals surface area (Å²) in [6.45, 7) is 12.3. The fourth-order valence-electron chi connectivity index (χ4n) is 0.993. The first-order valence-corrected chi connectivity index (χ1v) is 5.75. The van der Waals surface area contributed by atoms with Crippen molar-refractivity contribution in [3.05, 3.63) is 5.82 Å². The molecule has 0 amide bonds. The standard InChI is InChI=1S/2C5H10N4/c2*1-5(2,3)4-6-8-9-7-4/h1-3H3,(H,6,7,8,9);4H,1-3H3. The van der Waals surface area contributed by atoms with Gasteiger partial charge in [-0.05, 0) is 10.4 Å². The van der Waals surface area contributed by atoms with Crippen molar-refractivity contribution in [2.75, 3.05) is 0 Å². The minimum atomic E-state index is -0.0718. The smallest absolute Gasteiger partial charge is 0.177 e.